The van der Waals surface area contributed by atoms with Crippen molar-refractivity contribution in [3.63, 3.8) is 0 Å². The van der Waals surface area contributed by atoms with E-state index in [1.807, 2.05) is 6.20 Å². The quantitative estimate of drug-likeness (QED) is 0.815. The Hall–Kier alpha value is -1.09. The first-order chi connectivity index (χ1) is 9.29. The molecule has 3 heteroatoms. The van der Waals surface area contributed by atoms with Gasteiger partial charge in [0.1, 0.15) is 5.82 Å². The van der Waals surface area contributed by atoms with Crippen molar-refractivity contribution >= 4 is 5.82 Å². The molecule has 1 atom stereocenters. The summed E-state index contributed by atoms with van der Waals surface area (Å²) in [4.78, 5) is 7.29. The summed E-state index contributed by atoms with van der Waals surface area (Å²) in [5, 5.41) is 3.52. The van der Waals surface area contributed by atoms with Crippen molar-refractivity contribution in [1.29, 1.82) is 0 Å². The lowest BCUT2D eigenvalue weighted by molar-refractivity contribution is 0.590. The number of anilines is 1. The molecule has 19 heavy (non-hydrogen) atoms. The van der Waals surface area contributed by atoms with Crippen LogP contribution in [0.4, 0.5) is 5.82 Å². The average molecular weight is 259 g/mol. The van der Waals surface area contributed by atoms with Crippen molar-refractivity contribution in [2.24, 2.45) is 5.92 Å². The standard InChI is InChI=1S/C16H25N3/c1-3-17-12(2)15-5-4-10-18-16(15)19(14-8-9-14)11-13-6-7-13/h4-5,10,12-14,17H,3,6-9,11H2,1-2H3. The number of rotatable bonds is 7. The zero-order valence-electron chi connectivity index (χ0n) is 12.1. The second-order valence-electron chi connectivity index (χ2n) is 6.02. The summed E-state index contributed by atoms with van der Waals surface area (Å²) >= 11 is 0. The molecule has 2 saturated carbocycles. The van der Waals surface area contributed by atoms with Crippen LogP contribution in [0.1, 0.15) is 51.1 Å². The molecule has 1 N–H and O–H groups in total. The molecule has 104 valence electrons. The van der Waals surface area contributed by atoms with E-state index in [2.05, 4.69) is 36.2 Å². The lowest BCUT2D eigenvalue weighted by atomic mass is 10.1. The monoisotopic (exact) mass is 259 g/mol. The number of hydrogen-bond donors (Lipinski definition) is 1. The zero-order chi connectivity index (χ0) is 13.2. The second-order valence-corrected chi connectivity index (χ2v) is 6.02. The van der Waals surface area contributed by atoms with E-state index in [0.717, 1.165) is 18.5 Å². The van der Waals surface area contributed by atoms with Gasteiger partial charge >= 0.3 is 0 Å². The van der Waals surface area contributed by atoms with E-state index in [4.69, 9.17) is 4.98 Å². The molecule has 0 spiro atoms. The molecule has 0 bridgehead atoms. The highest BCUT2D eigenvalue weighted by atomic mass is 15.2. The lowest BCUT2D eigenvalue weighted by Gasteiger charge is -2.28. The molecule has 0 amide bonds. The van der Waals surface area contributed by atoms with Crippen LogP contribution in [0, 0.1) is 5.92 Å². The predicted molar refractivity (Wildman–Crippen MR) is 79.4 cm³/mol. The number of hydrogen-bond acceptors (Lipinski definition) is 3. The van der Waals surface area contributed by atoms with Crippen LogP contribution in [-0.4, -0.2) is 24.1 Å². The molecule has 2 fully saturated rings. The molecular weight excluding hydrogens is 234 g/mol. The Morgan fingerprint density at radius 3 is 2.79 bits per heavy atom. The predicted octanol–water partition coefficient (Wildman–Crippen LogP) is 3.13. The van der Waals surface area contributed by atoms with Crippen molar-refractivity contribution < 1.29 is 0 Å². The Balaban J connectivity index is 1.83. The van der Waals surface area contributed by atoms with Gasteiger partial charge in [-0.25, -0.2) is 4.98 Å². The Morgan fingerprint density at radius 2 is 2.16 bits per heavy atom. The van der Waals surface area contributed by atoms with Gasteiger partial charge in [-0.15, -0.1) is 0 Å². The summed E-state index contributed by atoms with van der Waals surface area (Å²) in [6.45, 7) is 6.62. The second kappa shape index (κ2) is 5.49. The van der Waals surface area contributed by atoms with E-state index >= 15 is 0 Å². The summed E-state index contributed by atoms with van der Waals surface area (Å²) in [6, 6.07) is 5.43. The number of aromatic nitrogens is 1. The van der Waals surface area contributed by atoms with E-state index in [1.54, 1.807) is 0 Å². The molecule has 0 saturated heterocycles. The van der Waals surface area contributed by atoms with Crippen LogP contribution in [0.2, 0.25) is 0 Å². The number of pyridine rings is 1. The van der Waals surface area contributed by atoms with E-state index in [0.29, 0.717) is 6.04 Å². The zero-order valence-corrected chi connectivity index (χ0v) is 12.1. The highest BCUT2D eigenvalue weighted by Crippen LogP contribution is 2.38. The number of nitrogens with zero attached hydrogens (tertiary/aromatic N) is 2. The first-order valence-corrected chi connectivity index (χ1v) is 7.74. The van der Waals surface area contributed by atoms with Gasteiger partial charge < -0.3 is 10.2 Å². The maximum absolute atomic E-state index is 4.71. The van der Waals surface area contributed by atoms with Gasteiger partial charge in [-0.2, -0.15) is 0 Å². The molecule has 2 aliphatic rings. The number of nitrogens with one attached hydrogen (secondary N) is 1. The van der Waals surface area contributed by atoms with Gasteiger partial charge in [-0.05, 0) is 51.1 Å². The van der Waals surface area contributed by atoms with Crippen molar-refractivity contribution in [3.05, 3.63) is 23.9 Å². The first kappa shape index (κ1) is 12.9. The van der Waals surface area contributed by atoms with Crippen LogP contribution in [0.3, 0.4) is 0 Å². The third-order valence-electron chi connectivity index (χ3n) is 4.21. The van der Waals surface area contributed by atoms with Gasteiger partial charge in [0.15, 0.2) is 0 Å². The SMILES string of the molecule is CCNC(C)c1cccnc1N(CC1CC1)C1CC1. The van der Waals surface area contributed by atoms with Gasteiger partial charge in [-0.1, -0.05) is 13.0 Å². The minimum Gasteiger partial charge on any atom is -0.353 e. The lowest BCUT2D eigenvalue weighted by Crippen LogP contribution is -2.31. The van der Waals surface area contributed by atoms with Crippen LogP contribution in [-0.2, 0) is 0 Å². The molecule has 1 aromatic rings. The minimum atomic E-state index is 0.383. The molecule has 3 nitrogen and oxygen atoms in total. The topological polar surface area (TPSA) is 28.2 Å². The molecule has 0 radical (unpaired) electrons. The van der Waals surface area contributed by atoms with Crippen LogP contribution in [0.15, 0.2) is 18.3 Å². The Kier molecular flexibility index (Phi) is 3.74. The fraction of sp³-hybridized carbons (Fsp3) is 0.688. The van der Waals surface area contributed by atoms with E-state index in [9.17, 15) is 0 Å². The summed E-state index contributed by atoms with van der Waals surface area (Å²) in [5.41, 5.74) is 1.36. The molecule has 1 unspecified atom stereocenters. The fourth-order valence-corrected chi connectivity index (χ4v) is 2.78. The van der Waals surface area contributed by atoms with Gasteiger partial charge in [-0.3, -0.25) is 0 Å². The van der Waals surface area contributed by atoms with Crippen molar-refractivity contribution in [2.75, 3.05) is 18.0 Å². The largest absolute Gasteiger partial charge is 0.353 e. The highest BCUT2D eigenvalue weighted by molar-refractivity contribution is 5.50. The van der Waals surface area contributed by atoms with Crippen LogP contribution < -0.4 is 10.2 Å². The Bertz CT molecular complexity index is 424. The fourth-order valence-electron chi connectivity index (χ4n) is 2.78. The Morgan fingerprint density at radius 1 is 1.37 bits per heavy atom. The molecule has 1 heterocycles. The van der Waals surface area contributed by atoms with Gasteiger partial charge in [0.2, 0.25) is 0 Å². The molecule has 0 aromatic carbocycles. The summed E-state index contributed by atoms with van der Waals surface area (Å²) in [5.74, 6) is 2.15. The molecule has 1 aromatic heterocycles. The van der Waals surface area contributed by atoms with Crippen molar-refractivity contribution in [1.82, 2.24) is 10.3 Å². The third-order valence-corrected chi connectivity index (χ3v) is 4.21. The van der Waals surface area contributed by atoms with E-state index < -0.39 is 0 Å². The average Bonchev–Trinajstić information content (AvgIpc) is 3.28. The maximum Gasteiger partial charge on any atom is 0.133 e. The molecule has 2 aliphatic carbocycles. The molecule has 3 rings (SSSR count). The van der Waals surface area contributed by atoms with Gasteiger partial charge in [0.05, 0.1) is 0 Å². The van der Waals surface area contributed by atoms with Gasteiger partial charge in [0.25, 0.3) is 0 Å². The molecule has 0 aliphatic heterocycles. The van der Waals surface area contributed by atoms with Gasteiger partial charge in [0, 0.05) is 30.4 Å². The summed E-state index contributed by atoms with van der Waals surface area (Å²) in [7, 11) is 0. The van der Waals surface area contributed by atoms with Crippen LogP contribution in [0.25, 0.3) is 0 Å². The first-order valence-electron chi connectivity index (χ1n) is 7.74. The van der Waals surface area contributed by atoms with E-state index in [-0.39, 0.29) is 0 Å². The highest BCUT2D eigenvalue weighted by Gasteiger charge is 2.35. The summed E-state index contributed by atoms with van der Waals surface area (Å²) < 4.78 is 0. The summed E-state index contributed by atoms with van der Waals surface area (Å²) in [6.07, 6.45) is 7.46. The molecular formula is C16H25N3. The smallest absolute Gasteiger partial charge is 0.133 e. The Labute approximate surface area is 116 Å². The van der Waals surface area contributed by atoms with Crippen LogP contribution in [0.5, 0.6) is 0 Å². The normalized spacial score (nSPS) is 20.3. The maximum atomic E-state index is 4.71. The van der Waals surface area contributed by atoms with Crippen molar-refractivity contribution in [3.8, 4) is 0 Å². The third kappa shape index (κ3) is 3.08. The van der Waals surface area contributed by atoms with Crippen LogP contribution >= 0.6 is 0 Å². The van der Waals surface area contributed by atoms with E-state index in [1.165, 1.54) is 43.6 Å². The van der Waals surface area contributed by atoms with Crippen molar-refractivity contribution in [2.45, 2.75) is 51.6 Å². The minimum absolute atomic E-state index is 0.383.